The molecule has 0 radical (unpaired) electrons. The van der Waals surface area contributed by atoms with Crippen molar-refractivity contribution in [2.45, 2.75) is 72.6 Å². The van der Waals surface area contributed by atoms with E-state index < -0.39 is 115 Å². The molecule has 3 aromatic carbocycles. The van der Waals surface area contributed by atoms with Gasteiger partial charge in [0.25, 0.3) is 0 Å². The molecule has 116 heavy (non-hydrogen) atoms. The van der Waals surface area contributed by atoms with Gasteiger partial charge in [0.1, 0.15) is 130 Å². The Morgan fingerprint density at radius 3 is 0.716 bits per heavy atom. The van der Waals surface area contributed by atoms with Gasteiger partial charge >= 0.3 is 53.7 Å². The largest absolute Gasteiger partial charge is 0.487 e. The summed E-state index contributed by atoms with van der Waals surface area (Å²) in [4.78, 5) is 117. The van der Waals surface area contributed by atoms with Crippen LogP contribution in [-0.2, 0) is 102 Å². The van der Waals surface area contributed by atoms with Gasteiger partial charge < -0.3 is 83.3 Å². The van der Waals surface area contributed by atoms with Crippen LogP contribution in [-0.4, -0.2) is 158 Å². The molecule has 36 nitrogen and oxygen atoms in total. The molecule has 0 bridgehead atoms. The number of hydrogen-bond acceptors (Lipinski definition) is 33. The van der Waals surface area contributed by atoms with E-state index in [0.717, 1.165) is 16.7 Å². The first kappa shape index (κ1) is 80.9. The highest BCUT2D eigenvalue weighted by atomic mass is 16.6. The molecule has 9 aromatic heterocycles. The van der Waals surface area contributed by atoms with Crippen molar-refractivity contribution in [2.24, 2.45) is 16.2 Å². The Hall–Kier alpha value is -14.6. The van der Waals surface area contributed by atoms with Gasteiger partial charge in [0, 0.05) is 5.41 Å². The van der Waals surface area contributed by atoms with Gasteiger partial charge in [0.15, 0.2) is 0 Å². The molecule has 0 unspecified atom stereocenters. The number of rotatable bonds is 42. The molecule has 0 aliphatic heterocycles. The molecule has 0 fully saturated rings. The minimum Gasteiger partial charge on any atom is -0.487 e. The molecule has 0 spiro atoms. The third-order valence-corrected chi connectivity index (χ3v) is 17.8. The van der Waals surface area contributed by atoms with Crippen LogP contribution in [0.4, 0.5) is 0 Å². The van der Waals surface area contributed by atoms with Crippen molar-refractivity contribution in [3.8, 4) is 17.2 Å². The Morgan fingerprint density at radius 1 is 0.302 bits per heavy atom. The Labute approximate surface area is 658 Å². The predicted octanol–water partition coefficient (Wildman–Crippen LogP) is 9.90. The van der Waals surface area contributed by atoms with Crippen LogP contribution in [0.15, 0.2) is 228 Å². The fraction of sp³-hybridized carbons (Fsp3) is 0.287. The van der Waals surface area contributed by atoms with Crippen molar-refractivity contribution in [3.05, 3.63) is 270 Å². The summed E-state index contributed by atoms with van der Waals surface area (Å²) in [6.45, 7) is 2.82. The van der Waals surface area contributed by atoms with E-state index in [-0.39, 0.29) is 93.8 Å². The quantitative estimate of drug-likeness (QED) is 0.0195. The van der Waals surface area contributed by atoms with E-state index in [1.54, 1.807) is 18.6 Å². The SMILES string of the molecule is CC(COC(=O)c1ccco1)(COC(=O)c1ccco1)C(=O)OCCn1cc(COc2ccc(C(C)(c3ccc(OCc4cn(CCOC(=O)C(C)(COC(=O)c5ccco5)COC(=O)c5ccco5)nn4)cc3)c3ccc(OCc4cn(CCOC(=O)C(C)(COC(=O)c5ccco5)COC(=O)c5ccco5)nn4)cc3)cc2)nn1. The van der Waals surface area contributed by atoms with E-state index in [1.165, 1.54) is 145 Å². The lowest BCUT2D eigenvalue weighted by Gasteiger charge is -2.32. The number of esters is 9. The molecule has 12 aromatic rings. The second-order valence-corrected chi connectivity index (χ2v) is 26.9. The maximum atomic E-state index is 13.6. The lowest BCUT2D eigenvalue weighted by atomic mass is 9.71. The van der Waals surface area contributed by atoms with Crippen molar-refractivity contribution >= 4 is 53.7 Å². The summed E-state index contributed by atoms with van der Waals surface area (Å²) in [6.07, 6.45) is 12.6. The molecular formula is C80H75N9O27. The molecule has 0 N–H and O–H groups in total. The molecule has 36 heteroatoms. The molecule has 0 saturated heterocycles. The van der Waals surface area contributed by atoms with Crippen molar-refractivity contribution < 1.29 is 126 Å². The van der Waals surface area contributed by atoms with Crippen LogP contribution in [0.1, 0.15) is 125 Å². The maximum absolute atomic E-state index is 13.6. The van der Waals surface area contributed by atoms with Gasteiger partial charge in [-0.05, 0) is 154 Å². The van der Waals surface area contributed by atoms with Gasteiger partial charge in [-0.25, -0.2) is 42.8 Å². The molecule has 602 valence electrons. The van der Waals surface area contributed by atoms with Gasteiger partial charge in [-0.2, -0.15) is 0 Å². The summed E-state index contributed by atoms with van der Waals surface area (Å²) in [5.41, 5.74) is -1.85. The summed E-state index contributed by atoms with van der Waals surface area (Å²) in [5, 5.41) is 25.2. The topological polar surface area (TPSA) is 435 Å². The zero-order valence-electron chi connectivity index (χ0n) is 62.7. The Kier molecular flexibility index (Phi) is 26.2. The molecule has 0 amide bonds. The summed E-state index contributed by atoms with van der Waals surface area (Å²) < 4.78 is 103. The Bertz CT molecular complexity index is 4540. The first-order valence-corrected chi connectivity index (χ1v) is 35.7. The minimum absolute atomic E-state index is 0.00653. The van der Waals surface area contributed by atoms with Gasteiger partial charge in [0.05, 0.1) is 75.8 Å². The highest BCUT2D eigenvalue weighted by molar-refractivity contribution is 5.90. The fourth-order valence-corrected chi connectivity index (χ4v) is 11.0. The summed E-state index contributed by atoms with van der Waals surface area (Å²) >= 11 is 0. The standard InChI is InChI=1S/C80H75N9O27/c1-77(47-111-68(90)62-11-5-32-99-62,48-112-69(91)63-12-6-33-100-63)74(96)105-38-29-87-41-56(81-84-87)44-108-59-23-17-53(18-24-59)80(4,54-19-25-60(26-20-54)109-45-57-42-88(85-82-57)30-39-106-75(97)78(2,49-113-70(92)64-13-7-34-101-64)50-114-71(93)65-14-8-35-102-65)55-21-27-61(28-22-55)110-46-58-43-89(86-83-58)31-40-107-76(98)79(3,51-115-72(94)66-15-9-36-103-66)52-116-73(95)67-16-10-37-104-67/h5-28,32-37,41-43H,29-31,38-40,44-52H2,1-4H3. The first-order chi connectivity index (χ1) is 56.1. The van der Waals surface area contributed by atoms with Crippen molar-refractivity contribution in [1.29, 1.82) is 0 Å². The van der Waals surface area contributed by atoms with Gasteiger partial charge in [-0.15, -0.1) is 15.3 Å². The van der Waals surface area contributed by atoms with Crippen LogP contribution in [0, 0.1) is 16.2 Å². The van der Waals surface area contributed by atoms with E-state index >= 15 is 0 Å². The van der Waals surface area contributed by atoms with Crippen molar-refractivity contribution in [1.82, 2.24) is 45.0 Å². The molecule has 0 aliphatic carbocycles. The normalized spacial score (nSPS) is 11.6. The molecule has 12 rings (SSSR count). The second-order valence-electron chi connectivity index (χ2n) is 26.9. The van der Waals surface area contributed by atoms with Crippen LogP contribution in [0.5, 0.6) is 17.2 Å². The van der Waals surface area contributed by atoms with Gasteiger partial charge in [-0.1, -0.05) is 52.0 Å². The zero-order valence-corrected chi connectivity index (χ0v) is 62.7. The highest BCUT2D eigenvalue weighted by Gasteiger charge is 2.43. The van der Waals surface area contributed by atoms with E-state index in [9.17, 15) is 43.2 Å². The number of aromatic nitrogens is 9. The highest BCUT2D eigenvalue weighted by Crippen LogP contribution is 2.41. The second kappa shape index (κ2) is 37.6. The van der Waals surface area contributed by atoms with Gasteiger partial charge in [0.2, 0.25) is 34.6 Å². The van der Waals surface area contributed by atoms with Crippen LogP contribution >= 0.6 is 0 Å². The Morgan fingerprint density at radius 2 is 0.517 bits per heavy atom. The number of carbonyl (C=O) groups is 9. The smallest absolute Gasteiger partial charge is 0.374 e. The summed E-state index contributed by atoms with van der Waals surface area (Å²) in [5.74, 6) is -6.63. The fourth-order valence-electron chi connectivity index (χ4n) is 11.0. The number of nitrogens with zero attached hydrogens (tertiary/aromatic N) is 9. The van der Waals surface area contributed by atoms with E-state index in [1.807, 2.05) is 72.8 Å². The summed E-state index contributed by atoms with van der Waals surface area (Å²) in [7, 11) is 0. The van der Waals surface area contributed by atoms with E-state index in [2.05, 4.69) is 37.9 Å². The monoisotopic (exact) mass is 1590 g/mol. The third kappa shape index (κ3) is 21.1. The van der Waals surface area contributed by atoms with Crippen LogP contribution in [0.25, 0.3) is 0 Å². The molecule has 0 atom stereocenters. The van der Waals surface area contributed by atoms with Crippen molar-refractivity contribution in [2.75, 3.05) is 59.5 Å². The minimum atomic E-state index is -1.65. The molecule has 9 heterocycles. The average molecular weight is 1590 g/mol. The first-order valence-electron chi connectivity index (χ1n) is 35.7. The molecule has 0 aliphatic rings. The maximum Gasteiger partial charge on any atom is 0.374 e. The summed E-state index contributed by atoms with van der Waals surface area (Å²) in [6, 6.07) is 39.9. The van der Waals surface area contributed by atoms with Crippen LogP contribution in [0.3, 0.4) is 0 Å². The van der Waals surface area contributed by atoms with Crippen LogP contribution < -0.4 is 14.2 Å². The lowest BCUT2D eigenvalue weighted by Crippen LogP contribution is -2.40. The van der Waals surface area contributed by atoms with Gasteiger partial charge in [-0.3, -0.25) is 14.4 Å². The number of furan rings is 6. The van der Waals surface area contributed by atoms with E-state index in [4.69, 9.17) is 83.3 Å². The third-order valence-electron chi connectivity index (χ3n) is 17.8. The lowest BCUT2D eigenvalue weighted by molar-refractivity contribution is -0.161. The van der Waals surface area contributed by atoms with E-state index in [0.29, 0.717) is 34.3 Å². The molecular weight excluding hydrogens is 1520 g/mol. The number of carbonyl (C=O) groups excluding carboxylic acids is 9. The number of hydrogen-bond donors (Lipinski definition) is 0. The zero-order chi connectivity index (χ0) is 81.5. The van der Waals surface area contributed by atoms with Crippen molar-refractivity contribution in [3.63, 3.8) is 0 Å². The molecule has 0 saturated carbocycles. The predicted molar refractivity (Wildman–Crippen MR) is 389 cm³/mol. The average Bonchev–Trinajstić information content (AvgIpc) is 1.67. The number of ether oxygens (including phenoxy) is 12. The number of benzene rings is 3. The Balaban J connectivity index is 0.672. The van der Waals surface area contributed by atoms with Crippen LogP contribution in [0.2, 0.25) is 0 Å².